The van der Waals surface area contributed by atoms with Gasteiger partial charge >= 0.3 is 0 Å². The lowest BCUT2D eigenvalue weighted by Gasteiger charge is -2.35. The molecule has 1 aliphatic carbocycles. The molecule has 0 atom stereocenters. The van der Waals surface area contributed by atoms with Crippen molar-refractivity contribution in [3.05, 3.63) is 30.3 Å². The van der Waals surface area contributed by atoms with Gasteiger partial charge in [0, 0.05) is 4.90 Å². The molecule has 0 aromatic heterocycles. The first kappa shape index (κ1) is 8.64. The third-order valence-corrected chi connectivity index (χ3v) is 4.70. The van der Waals surface area contributed by atoms with E-state index < -0.39 is 0 Å². The van der Waals surface area contributed by atoms with Crippen molar-refractivity contribution >= 4 is 27.7 Å². The molecular weight excluding hydrogens is 232 g/mol. The number of benzene rings is 1. The van der Waals surface area contributed by atoms with Crippen molar-refractivity contribution < 1.29 is 0 Å². The Hall–Kier alpha value is 0.0500. The Morgan fingerprint density at radius 2 is 1.83 bits per heavy atom. The summed E-state index contributed by atoms with van der Waals surface area (Å²) in [4.78, 5) is 1.37. The predicted octanol–water partition coefficient (Wildman–Crippen LogP) is 4.05. The van der Waals surface area contributed by atoms with E-state index in [1.165, 1.54) is 24.2 Å². The third kappa shape index (κ3) is 1.86. The van der Waals surface area contributed by atoms with Gasteiger partial charge in [0.15, 0.2) is 0 Å². The first-order chi connectivity index (χ1) is 5.79. The van der Waals surface area contributed by atoms with Crippen LogP contribution in [0.25, 0.3) is 0 Å². The molecule has 0 spiro atoms. The molecule has 0 saturated heterocycles. The first-order valence-electron chi connectivity index (χ1n) is 4.22. The lowest BCUT2D eigenvalue weighted by atomic mass is 10.00. The Labute approximate surface area is 85.9 Å². The summed E-state index contributed by atoms with van der Waals surface area (Å²) in [5, 5.41) is 0. The second kappa shape index (κ2) is 3.43. The Morgan fingerprint density at radius 1 is 1.17 bits per heavy atom. The van der Waals surface area contributed by atoms with Crippen LogP contribution in [0.5, 0.6) is 0 Å². The fourth-order valence-corrected chi connectivity index (χ4v) is 3.59. The lowest BCUT2D eigenvalue weighted by molar-refractivity contribution is 0.493. The summed E-state index contributed by atoms with van der Waals surface area (Å²) in [5.74, 6) is 0. The molecule has 1 aromatic carbocycles. The van der Waals surface area contributed by atoms with Crippen LogP contribution < -0.4 is 0 Å². The number of hydrogen-bond donors (Lipinski definition) is 0. The van der Waals surface area contributed by atoms with Gasteiger partial charge in [-0.25, -0.2) is 0 Å². The second-order valence-corrected chi connectivity index (χ2v) is 6.65. The molecule has 2 rings (SSSR count). The van der Waals surface area contributed by atoms with Gasteiger partial charge in [0.2, 0.25) is 0 Å². The number of hydrogen-bond acceptors (Lipinski definition) is 1. The van der Waals surface area contributed by atoms with Crippen molar-refractivity contribution in [1.82, 2.24) is 0 Å². The predicted molar refractivity (Wildman–Crippen MR) is 57.8 cm³/mol. The average molecular weight is 243 g/mol. The van der Waals surface area contributed by atoms with E-state index in [1.807, 2.05) is 11.8 Å². The van der Waals surface area contributed by atoms with E-state index in [1.54, 1.807) is 0 Å². The highest BCUT2D eigenvalue weighted by Crippen LogP contribution is 2.51. The van der Waals surface area contributed by atoms with E-state index >= 15 is 0 Å². The minimum absolute atomic E-state index is 0.356. The normalized spacial score (nSPS) is 20.1. The van der Waals surface area contributed by atoms with Crippen LogP contribution in [0.4, 0.5) is 0 Å². The smallest absolute Gasteiger partial charge is 0.0755 e. The fraction of sp³-hybridized carbons (Fsp3) is 0.400. The van der Waals surface area contributed by atoms with Gasteiger partial charge in [-0.3, -0.25) is 0 Å². The zero-order valence-electron chi connectivity index (χ0n) is 6.79. The van der Waals surface area contributed by atoms with Crippen LogP contribution in [-0.4, -0.2) is 3.66 Å². The topological polar surface area (TPSA) is 0 Å². The Morgan fingerprint density at radius 3 is 2.33 bits per heavy atom. The molecule has 1 aromatic rings. The van der Waals surface area contributed by atoms with Crippen LogP contribution in [-0.2, 0) is 0 Å². The zero-order chi connectivity index (χ0) is 8.44. The molecule has 0 nitrogen and oxygen atoms in total. The molecule has 12 heavy (non-hydrogen) atoms. The monoisotopic (exact) mass is 242 g/mol. The highest BCUT2D eigenvalue weighted by Gasteiger charge is 2.34. The van der Waals surface area contributed by atoms with E-state index in [-0.39, 0.29) is 0 Å². The van der Waals surface area contributed by atoms with Gasteiger partial charge in [-0.15, -0.1) is 11.8 Å². The minimum atomic E-state index is 0.356. The zero-order valence-corrected chi connectivity index (χ0v) is 9.20. The molecular formula is C10H11BrS. The van der Waals surface area contributed by atoms with Crippen molar-refractivity contribution in [2.24, 2.45) is 0 Å². The maximum Gasteiger partial charge on any atom is 0.0755 e. The van der Waals surface area contributed by atoms with E-state index in [4.69, 9.17) is 0 Å². The summed E-state index contributed by atoms with van der Waals surface area (Å²) >= 11 is 5.72. The van der Waals surface area contributed by atoms with Gasteiger partial charge < -0.3 is 0 Å². The third-order valence-electron chi connectivity index (χ3n) is 2.14. The highest BCUT2D eigenvalue weighted by molar-refractivity contribution is 9.12. The van der Waals surface area contributed by atoms with Gasteiger partial charge in [-0.1, -0.05) is 34.1 Å². The first-order valence-corrected chi connectivity index (χ1v) is 5.82. The number of alkyl halides is 1. The Kier molecular flexibility index (Phi) is 2.47. The molecule has 0 aliphatic heterocycles. The summed E-state index contributed by atoms with van der Waals surface area (Å²) < 4.78 is 0.356. The number of thioether (sulfide) groups is 1. The second-order valence-electron chi connectivity index (χ2n) is 3.15. The van der Waals surface area contributed by atoms with Gasteiger partial charge in [0.25, 0.3) is 0 Å². The molecule has 0 amide bonds. The van der Waals surface area contributed by atoms with Gasteiger partial charge in [0.1, 0.15) is 0 Å². The standard InChI is InChI=1S/C10H11BrS/c11-10(7-4-8-10)12-9-5-2-1-3-6-9/h1-3,5-6H,4,7-8H2. The number of rotatable bonds is 2. The summed E-state index contributed by atoms with van der Waals surface area (Å²) in [6, 6.07) is 10.6. The summed E-state index contributed by atoms with van der Waals surface area (Å²) in [6.45, 7) is 0. The lowest BCUT2D eigenvalue weighted by Crippen LogP contribution is -2.24. The molecule has 0 unspecified atom stereocenters. The summed E-state index contributed by atoms with van der Waals surface area (Å²) in [6.07, 6.45) is 3.96. The van der Waals surface area contributed by atoms with Crippen molar-refractivity contribution in [3.63, 3.8) is 0 Å². The van der Waals surface area contributed by atoms with Crippen molar-refractivity contribution in [3.8, 4) is 0 Å². The van der Waals surface area contributed by atoms with Crippen LogP contribution in [0.15, 0.2) is 35.2 Å². The van der Waals surface area contributed by atoms with Crippen LogP contribution in [0.3, 0.4) is 0 Å². The van der Waals surface area contributed by atoms with Gasteiger partial charge in [-0.2, -0.15) is 0 Å². The molecule has 1 saturated carbocycles. The van der Waals surface area contributed by atoms with E-state index in [9.17, 15) is 0 Å². The van der Waals surface area contributed by atoms with Crippen molar-refractivity contribution in [2.45, 2.75) is 27.8 Å². The average Bonchev–Trinajstić information content (AvgIpc) is 2.04. The highest BCUT2D eigenvalue weighted by atomic mass is 79.9. The maximum atomic E-state index is 3.77. The molecule has 2 heteroatoms. The van der Waals surface area contributed by atoms with Gasteiger partial charge in [-0.05, 0) is 31.4 Å². The molecule has 0 radical (unpaired) electrons. The molecule has 0 N–H and O–H groups in total. The Bertz CT molecular complexity index is 254. The number of halogens is 1. The SMILES string of the molecule is BrC1(Sc2ccccc2)CCC1. The molecule has 0 bridgehead atoms. The quantitative estimate of drug-likeness (QED) is 0.706. The minimum Gasteiger partial charge on any atom is -0.108 e. The van der Waals surface area contributed by atoms with E-state index in [0.717, 1.165) is 0 Å². The van der Waals surface area contributed by atoms with Crippen molar-refractivity contribution in [2.75, 3.05) is 0 Å². The van der Waals surface area contributed by atoms with Crippen molar-refractivity contribution in [1.29, 1.82) is 0 Å². The summed E-state index contributed by atoms with van der Waals surface area (Å²) in [7, 11) is 0. The van der Waals surface area contributed by atoms with Crippen LogP contribution in [0.1, 0.15) is 19.3 Å². The van der Waals surface area contributed by atoms with E-state index in [2.05, 4.69) is 46.3 Å². The largest absolute Gasteiger partial charge is 0.108 e. The molecule has 1 fully saturated rings. The molecule has 64 valence electrons. The molecule has 0 heterocycles. The van der Waals surface area contributed by atoms with Crippen LogP contribution >= 0.6 is 27.7 Å². The maximum absolute atomic E-state index is 3.77. The molecule has 1 aliphatic rings. The van der Waals surface area contributed by atoms with Crippen LogP contribution in [0, 0.1) is 0 Å². The van der Waals surface area contributed by atoms with E-state index in [0.29, 0.717) is 3.66 Å². The fourth-order valence-electron chi connectivity index (χ4n) is 1.26. The van der Waals surface area contributed by atoms with Gasteiger partial charge in [0.05, 0.1) is 3.66 Å². The Balaban J connectivity index is 2.04. The van der Waals surface area contributed by atoms with Crippen LogP contribution in [0.2, 0.25) is 0 Å². The summed E-state index contributed by atoms with van der Waals surface area (Å²) in [5.41, 5.74) is 0.